The van der Waals surface area contributed by atoms with Crippen LogP contribution in [0.1, 0.15) is 41.9 Å². The van der Waals surface area contributed by atoms with Crippen molar-refractivity contribution in [3.05, 3.63) is 63.1 Å². The number of nitro benzene ring substituents is 1. The molecule has 2 aromatic rings. The molecule has 1 atom stereocenters. The van der Waals surface area contributed by atoms with Crippen LogP contribution >= 0.6 is 11.6 Å². The highest BCUT2D eigenvalue weighted by Gasteiger charge is 2.38. The molecule has 0 bridgehead atoms. The second-order valence-corrected chi connectivity index (χ2v) is 5.96. The number of furan rings is 1. The molecule has 1 aromatic heterocycles. The summed E-state index contributed by atoms with van der Waals surface area (Å²) in [6.07, 6.45) is 3.37. The summed E-state index contributed by atoms with van der Waals surface area (Å²) in [6.45, 7) is 1.88. The maximum atomic E-state index is 12.9. The Morgan fingerprint density at radius 2 is 2.17 bits per heavy atom. The zero-order chi connectivity index (χ0) is 16.6. The van der Waals surface area contributed by atoms with Gasteiger partial charge in [0.2, 0.25) is 0 Å². The number of rotatable bonds is 5. The van der Waals surface area contributed by atoms with Crippen LogP contribution in [0.2, 0.25) is 5.02 Å². The molecule has 3 rings (SSSR count). The molecule has 0 saturated heterocycles. The van der Waals surface area contributed by atoms with E-state index in [0.29, 0.717) is 5.76 Å². The van der Waals surface area contributed by atoms with Gasteiger partial charge in [0.1, 0.15) is 5.76 Å². The summed E-state index contributed by atoms with van der Waals surface area (Å²) in [7, 11) is 0. The summed E-state index contributed by atoms with van der Waals surface area (Å²) in [4.78, 5) is 25.0. The Kier molecular flexibility index (Phi) is 4.09. The molecule has 0 N–H and O–H groups in total. The van der Waals surface area contributed by atoms with Gasteiger partial charge in [0.05, 0.1) is 27.8 Å². The Balaban J connectivity index is 1.96. The van der Waals surface area contributed by atoms with Crippen LogP contribution in [0, 0.1) is 10.1 Å². The van der Waals surface area contributed by atoms with Crippen LogP contribution in [-0.4, -0.2) is 21.8 Å². The molecule has 1 unspecified atom stereocenters. The van der Waals surface area contributed by atoms with Gasteiger partial charge in [0.15, 0.2) is 0 Å². The average molecular weight is 335 g/mol. The number of halogens is 1. The molecule has 1 heterocycles. The summed E-state index contributed by atoms with van der Waals surface area (Å²) in [5.41, 5.74) is -0.00896. The smallest absolute Gasteiger partial charge is 0.270 e. The van der Waals surface area contributed by atoms with E-state index in [1.54, 1.807) is 17.2 Å². The molecular weight excluding hydrogens is 320 g/mol. The Hall–Kier alpha value is -2.34. The molecule has 1 aliphatic carbocycles. The van der Waals surface area contributed by atoms with Crippen LogP contribution in [-0.2, 0) is 0 Å². The second kappa shape index (κ2) is 6.04. The minimum absolute atomic E-state index is 0.109. The van der Waals surface area contributed by atoms with Gasteiger partial charge in [-0.05, 0) is 38.0 Å². The van der Waals surface area contributed by atoms with Crippen LogP contribution < -0.4 is 0 Å². The van der Waals surface area contributed by atoms with E-state index >= 15 is 0 Å². The van der Waals surface area contributed by atoms with Crippen LogP contribution in [0.3, 0.4) is 0 Å². The fourth-order valence-electron chi connectivity index (χ4n) is 2.61. The predicted octanol–water partition coefficient (Wildman–Crippen LogP) is 4.21. The predicted molar refractivity (Wildman–Crippen MR) is 84.4 cm³/mol. The maximum absolute atomic E-state index is 12.9. The largest absolute Gasteiger partial charge is 0.467 e. The molecule has 0 spiro atoms. The number of carbonyl (C=O) groups excluding carboxylic acids is 1. The number of hydrogen-bond acceptors (Lipinski definition) is 4. The van der Waals surface area contributed by atoms with E-state index in [-0.39, 0.29) is 34.3 Å². The lowest BCUT2D eigenvalue weighted by Gasteiger charge is -2.28. The number of carbonyl (C=O) groups is 1. The van der Waals surface area contributed by atoms with Gasteiger partial charge < -0.3 is 9.32 Å². The number of nitro groups is 1. The topological polar surface area (TPSA) is 76.6 Å². The van der Waals surface area contributed by atoms with Gasteiger partial charge >= 0.3 is 0 Å². The number of nitrogens with zero attached hydrogens (tertiary/aromatic N) is 2. The first-order valence-electron chi connectivity index (χ1n) is 7.29. The van der Waals surface area contributed by atoms with Crippen molar-refractivity contribution in [2.75, 3.05) is 0 Å². The molecule has 1 amide bonds. The third kappa shape index (κ3) is 3.07. The first kappa shape index (κ1) is 15.6. The zero-order valence-electron chi connectivity index (χ0n) is 12.4. The molecule has 23 heavy (non-hydrogen) atoms. The minimum Gasteiger partial charge on any atom is -0.467 e. The maximum Gasteiger partial charge on any atom is 0.270 e. The first-order valence-corrected chi connectivity index (χ1v) is 7.67. The van der Waals surface area contributed by atoms with Gasteiger partial charge in [-0.3, -0.25) is 14.9 Å². The average Bonchev–Trinajstić information content (AvgIpc) is 3.19. The van der Waals surface area contributed by atoms with Gasteiger partial charge in [0.25, 0.3) is 11.6 Å². The number of non-ortho nitro benzene ring substituents is 1. The molecule has 7 heteroatoms. The van der Waals surface area contributed by atoms with Crippen molar-refractivity contribution in [2.45, 2.75) is 31.8 Å². The van der Waals surface area contributed by atoms with Crippen molar-refractivity contribution < 1.29 is 14.1 Å². The minimum atomic E-state index is -0.537. The van der Waals surface area contributed by atoms with Crippen molar-refractivity contribution in [2.24, 2.45) is 0 Å². The van der Waals surface area contributed by atoms with Gasteiger partial charge in [-0.1, -0.05) is 11.6 Å². The lowest BCUT2D eigenvalue weighted by atomic mass is 10.1. The van der Waals surface area contributed by atoms with Crippen LogP contribution in [0.5, 0.6) is 0 Å². The van der Waals surface area contributed by atoms with E-state index in [9.17, 15) is 14.9 Å². The van der Waals surface area contributed by atoms with E-state index in [1.165, 1.54) is 18.2 Å². The van der Waals surface area contributed by atoms with Crippen molar-refractivity contribution >= 4 is 23.2 Å². The first-order chi connectivity index (χ1) is 11.0. The molecule has 6 nitrogen and oxygen atoms in total. The third-order valence-corrected chi connectivity index (χ3v) is 4.27. The molecule has 0 aliphatic heterocycles. The molecule has 1 aliphatic rings. The second-order valence-electron chi connectivity index (χ2n) is 5.56. The molecule has 0 radical (unpaired) electrons. The number of amides is 1. The van der Waals surface area contributed by atoms with E-state index in [1.807, 2.05) is 13.0 Å². The number of hydrogen-bond donors (Lipinski definition) is 0. The molecular formula is C16H15ClN2O4. The van der Waals surface area contributed by atoms with Gasteiger partial charge in [-0.25, -0.2) is 0 Å². The molecule has 1 saturated carbocycles. The van der Waals surface area contributed by atoms with Gasteiger partial charge in [-0.15, -0.1) is 0 Å². The zero-order valence-corrected chi connectivity index (χ0v) is 13.2. The summed E-state index contributed by atoms with van der Waals surface area (Å²) >= 11 is 6.10. The Labute approximate surface area is 137 Å². The Bertz CT molecular complexity index is 741. The van der Waals surface area contributed by atoms with Crippen molar-refractivity contribution in [1.82, 2.24) is 4.90 Å². The summed E-state index contributed by atoms with van der Waals surface area (Å²) in [5.74, 6) is 0.358. The van der Waals surface area contributed by atoms with Crippen LogP contribution in [0.25, 0.3) is 0 Å². The summed E-state index contributed by atoms with van der Waals surface area (Å²) in [6, 6.07) is 7.32. The van der Waals surface area contributed by atoms with Crippen LogP contribution in [0.4, 0.5) is 5.69 Å². The third-order valence-electron chi connectivity index (χ3n) is 3.94. The van der Waals surface area contributed by atoms with Crippen molar-refractivity contribution in [3.63, 3.8) is 0 Å². The lowest BCUT2D eigenvalue weighted by molar-refractivity contribution is -0.384. The molecule has 1 fully saturated rings. The Morgan fingerprint density at radius 3 is 2.74 bits per heavy atom. The van der Waals surface area contributed by atoms with Crippen molar-refractivity contribution in [1.29, 1.82) is 0 Å². The van der Waals surface area contributed by atoms with Crippen molar-refractivity contribution in [3.8, 4) is 0 Å². The highest BCUT2D eigenvalue weighted by Crippen LogP contribution is 2.37. The van der Waals surface area contributed by atoms with E-state index in [4.69, 9.17) is 16.0 Å². The van der Waals surface area contributed by atoms with Gasteiger partial charge in [-0.2, -0.15) is 0 Å². The lowest BCUT2D eigenvalue weighted by Crippen LogP contribution is -2.35. The van der Waals surface area contributed by atoms with Gasteiger partial charge in [0, 0.05) is 18.2 Å². The molecule has 1 aromatic carbocycles. The quantitative estimate of drug-likeness (QED) is 0.606. The highest BCUT2D eigenvalue weighted by molar-refractivity contribution is 6.34. The van der Waals surface area contributed by atoms with E-state index in [0.717, 1.165) is 12.8 Å². The fourth-order valence-corrected chi connectivity index (χ4v) is 2.80. The normalized spacial score (nSPS) is 15.2. The fraction of sp³-hybridized carbons (Fsp3) is 0.312. The monoisotopic (exact) mass is 334 g/mol. The number of benzene rings is 1. The van der Waals surface area contributed by atoms with E-state index in [2.05, 4.69) is 0 Å². The molecule has 120 valence electrons. The summed E-state index contributed by atoms with van der Waals surface area (Å²) < 4.78 is 5.40. The summed E-state index contributed by atoms with van der Waals surface area (Å²) in [5, 5.41) is 11.2. The SMILES string of the molecule is CC(c1ccco1)N(C(=O)c1cc([N+](=O)[O-])ccc1Cl)C1CC1. The standard InChI is InChI=1S/C16H15ClN2O4/c1-10(15-3-2-8-23-15)18(11-4-5-11)16(20)13-9-12(19(21)22)6-7-14(13)17/h2-3,6-11H,4-5H2,1H3. The Morgan fingerprint density at radius 1 is 1.43 bits per heavy atom. The van der Waals surface area contributed by atoms with Crippen LogP contribution in [0.15, 0.2) is 41.0 Å². The van der Waals surface area contributed by atoms with E-state index < -0.39 is 4.92 Å². The highest BCUT2D eigenvalue weighted by atomic mass is 35.5.